The molecule has 0 aromatic heterocycles. The number of carbonyl (C=O) groups is 1. The molecular weight excluding hydrogens is 106 g/mol. The van der Waals surface area contributed by atoms with Crippen molar-refractivity contribution in [2.45, 2.75) is 0 Å². The summed E-state index contributed by atoms with van der Waals surface area (Å²) in [5.74, 6) is 4.65. The van der Waals surface area contributed by atoms with Gasteiger partial charge in [-0.2, -0.15) is 10.2 Å². The average molecular weight is 111 g/mol. The fraction of sp³-hybridized carbons (Fsp3) is 0. The molecular formula is C4H5N3O. The first-order chi connectivity index (χ1) is 3.72. The van der Waals surface area contributed by atoms with Crippen LogP contribution in [0.1, 0.15) is 0 Å². The van der Waals surface area contributed by atoms with E-state index in [0.29, 0.717) is 5.57 Å². The molecule has 0 radical (unpaired) electrons. The van der Waals surface area contributed by atoms with Gasteiger partial charge in [0.1, 0.15) is 0 Å². The number of carbonyl (C=O) groups excluding carboxylic acids is 1. The van der Waals surface area contributed by atoms with Gasteiger partial charge in [0, 0.05) is 0 Å². The number of amides is 1. The molecule has 0 saturated carbocycles. The molecule has 42 valence electrons. The van der Waals surface area contributed by atoms with Crippen LogP contribution < -0.4 is 5.84 Å². The first-order valence-electron chi connectivity index (χ1n) is 2.04. The minimum absolute atomic E-state index is 0.326. The maximum Gasteiger partial charge on any atom is 0.289 e. The van der Waals surface area contributed by atoms with Crippen molar-refractivity contribution in [2.75, 3.05) is 0 Å². The number of nitrogens with zero attached hydrogens (tertiary/aromatic N) is 2. The molecule has 0 aromatic carbocycles. The summed E-state index contributed by atoms with van der Waals surface area (Å²) in [6, 6.07) is 0. The van der Waals surface area contributed by atoms with Crippen LogP contribution in [0.4, 0.5) is 0 Å². The Morgan fingerprint density at radius 2 is 2.50 bits per heavy atom. The third-order valence-electron chi connectivity index (χ3n) is 0.821. The first-order valence-corrected chi connectivity index (χ1v) is 2.04. The molecule has 2 N–H and O–H groups in total. The van der Waals surface area contributed by atoms with Crippen molar-refractivity contribution in [1.82, 2.24) is 5.12 Å². The molecule has 4 heteroatoms. The number of hydrogen-bond acceptors (Lipinski definition) is 3. The van der Waals surface area contributed by atoms with Crippen LogP contribution in [0.25, 0.3) is 0 Å². The molecule has 0 saturated heterocycles. The quantitative estimate of drug-likeness (QED) is 0.254. The van der Waals surface area contributed by atoms with Crippen LogP contribution in [0, 0.1) is 0 Å². The fourth-order valence-electron chi connectivity index (χ4n) is 0.387. The summed E-state index contributed by atoms with van der Waals surface area (Å²) in [6.45, 7) is 3.37. The van der Waals surface area contributed by atoms with Gasteiger partial charge in [-0.1, -0.05) is 6.58 Å². The normalized spacial score (nSPS) is 18.4. The van der Waals surface area contributed by atoms with Gasteiger partial charge in [0.15, 0.2) is 0 Å². The molecule has 0 fully saturated rings. The minimum atomic E-state index is -0.343. The summed E-state index contributed by atoms with van der Waals surface area (Å²) in [5, 5.41) is 4.19. The molecule has 0 spiro atoms. The highest BCUT2D eigenvalue weighted by Crippen LogP contribution is 1.99. The zero-order valence-corrected chi connectivity index (χ0v) is 4.16. The lowest BCUT2D eigenvalue weighted by molar-refractivity contribution is -0.125. The first kappa shape index (κ1) is 4.99. The third-order valence-corrected chi connectivity index (χ3v) is 0.821. The SMILES string of the molecule is C=C1C=NN(N)C1=O. The van der Waals surface area contributed by atoms with E-state index in [-0.39, 0.29) is 5.91 Å². The highest BCUT2D eigenvalue weighted by Gasteiger charge is 2.15. The largest absolute Gasteiger partial charge is 0.289 e. The predicted octanol–water partition coefficient (Wildman–Crippen LogP) is -0.756. The summed E-state index contributed by atoms with van der Waals surface area (Å²) in [5.41, 5.74) is 0.326. The van der Waals surface area contributed by atoms with E-state index in [9.17, 15) is 4.79 Å². The molecule has 0 unspecified atom stereocenters. The van der Waals surface area contributed by atoms with Gasteiger partial charge in [0.2, 0.25) is 0 Å². The molecule has 4 nitrogen and oxygen atoms in total. The molecule has 0 aliphatic carbocycles. The molecule has 1 amide bonds. The molecule has 8 heavy (non-hydrogen) atoms. The van der Waals surface area contributed by atoms with Gasteiger partial charge < -0.3 is 0 Å². The van der Waals surface area contributed by atoms with Crippen molar-refractivity contribution < 1.29 is 4.79 Å². The minimum Gasteiger partial charge on any atom is -0.266 e. The lowest BCUT2D eigenvalue weighted by Crippen LogP contribution is -2.28. The van der Waals surface area contributed by atoms with Crippen LogP contribution in [0.15, 0.2) is 17.3 Å². The van der Waals surface area contributed by atoms with Crippen molar-refractivity contribution in [2.24, 2.45) is 10.9 Å². The lowest BCUT2D eigenvalue weighted by Gasteiger charge is -1.98. The van der Waals surface area contributed by atoms with E-state index in [4.69, 9.17) is 5.84 Å². The van der Waals surface area contributed by atoms with Gasteiger partial charge in [0.25, 0.3) is 5.91 Å². The van der Waals surface area contributed by atoms with E-state index in [1.165, 1.54) is 6.21 Å². The van der Waals surface area contributed by atoms with E-state index < -0.39 is 0 Å². The molecule has 1 rings (SSSR count). The van der Waals surface area contributed by atoms with Crippen molar-refractivity contribution in [1.29, 1.82) is 0 Å². The molecule has 1 aliphatic heterocycles. The van der Waals surface area contributed by atoms with Gasteiger partial charge in [0.05, 0.1) is 11.8 Å². The van der Waals surface area contributed by atoms with Crippen LogP contribution in [0.3, 0.4) is 0 Å². The Balaban J connectivity index is 2.85. The fourth-order valence-corrected chi connectivity index (χ4v) is 0.387. The van der Waals surface area contributed by atoms with E-state index in [1.807, 2.05) is 0 Å². The second kappa shape index (κ2) is 1.41. The smallest absolute Gasteiger partial charge is 0.266 e. The van der Waals surface area contributed by atoms with Crippen LogP contribution in [0.5, 0.6) is 0 Å². The highest BCUT2D eigenvalue weighted by molar-refractivity contribution is 6.14. The van der Waals surface area contributed by atoms with Gasteiger partial charge in [-0.3, -0.25) is 4.79 Å². The van der Waals surface area contributed by atoms with E-state index in [0.717, 1.165) is 5.12 Å². The number of hydrazine groups is 1. The van der Waals surface area contributed by atoms with E-state index >= 15 is 0 Å². The second-order valence-electron chi connectivity index (χ2n) is 1.42. The number of nitrogens with two attached hydrogens (primary N) is 1. The summed E-state index contributed by atoms with van der Waals surface area (Å²) < 4.78 is 0. The standard InChI is InChI=1S/C4H5N3O/c1-3-2-6-7(5)4(3)8/h2H,1,5H2. The maximum absolute atomic E-state index is 10.5. The monoisotopic (exact) mass is 111 g/mol. The van der Waals surface area contributed by atoms with E-state index in [1.54, 1.807) is 0 Å². The van der Waals surface area contributed by atoms with Crippen LogP contribution >= 0.6 is 0 Å². The summed E-state index contributed by atoms with van der Waals surface area (Å²) in [7, 11) is 0. The number of hydrogen-bond donors (Lipinski definition) is 1. The molecule has 1 aliphatic rings. The second-order valence-corrected chi connectivity index (χ2v) is 1.42. The summed E-state index contributed by atoms with van der Waals surface area (Å²) >= 11 is 0. The van der Waals surface area contributed by atoms with Gasteiger partial charge >= 0.3 is 0 Å². The Kier molecular flexibility index (Phi) is 0.881. The Bertz CT molecular complexity index is 172. The average Bonchev–Trinajstić information content (AvgIpc) is 1.98. The van der Waals surface area contributed by atoms with Crippen LogP contribution in [-0.2, 0) is 4.79 Å². The topological polar surface area (TPSA) is 58.7 Å². The lowest BCUT2D eigenvalue weighted by atomic mass is 10.3. The highest BCUT2D eigenvalue weighted by atomic mass is 16.2. The van der Waals surface area contributed by atoms with Crippen molar-refractivity contribution >= 4 is 12.1 Å². The molecule has 1 heterocycles. The molecule has 0 bridgehead atoms. The predicted molar refractivity (Wildman–Crippen MR) is 28.7 cm³/mol. The van der Waals surface area contributed by atoms with Crippen molar-refractivity contribution in [3.05, 3.63) is 12.2 Å². The summed E-state index contributed by atoms with van der Waals surface area (Å²) in [6.07, 6.45) is 1.32. The number of rotatable bonds is 0. The Labute approximate surface area is 46.2 Å². The van der Waals surface area contributed by atoms with Gasteiger partial charge in [-0.15, -0.1) is 0 Å². The van der Waals surface area contributed by atoms with Gasteiger partial charge in [-0.05, 0) is 0 Å². The summed E-state index contributed by atoms with van der Waals surface area (Å²) in [4.78, 5) is 10.5. The Hall–Kier alpha value is -1.16. The maximum atomic E-state index is 10.5. The number of hydrazone groups is 1. The zero-order valence-electron chi connectivity index (χ0n) is 4.16. The van der Waals surface area contributed by atoms with Gasteiger partial charge in [-0.25, -0.2) is 5.84 Å². The third kappa shape index (κ3) is 0.509. The van der Waals surface area contributed by atoms with Crippen molar-refractivity contribution in [3.8, 4) is 0 Å². The van der Waals surface area contributed by atoms with Crippen molar-refractivity contribution in [3.63, 3.8) is 0 Å². The van der Waals surface area contributed by atoms with E-state index in [2.05, 4.69) is 11.7 Å². The Morgan fingerprint density at radius 3 is 2.62 bits per heavy atom. The van der Waals surface area contributed by atoms with Crippen LogP contribution in [-0.4, -0.2) is 17.2 Å². The zero-order chi connectivity index (χ0) is 6.15. The Morgan fingerprint density at radius 1 is 1.88 bits per heavy atom. The molecule has 0 aromatic rings. The van der Waals surface area contributed by atoms with Crippen LogP contribution in [0.2, 0.25) is 0 Å². The molecule has 0 atom stereocenters.